The summed E-state index contributed by atoms with van der Waals surface area (Å²) in [6.07, 6.45) is 2.63. The highest BCUT2D eigenvalue weighted by Crippen LogP contribution is 2.53. The van der Waals surface area contributed by atoms with Crippen molar-refractivity contribution < 1.29 is 33.0 Å². The smallest absolute Gasteiger partial charge is 0.252 e. The molecule has 4 amide bonds. The van der Waals surface area contributed by atoms with Gasteiger partial charge >= 0.3 is 0 Å². The zero-order valence-corrected chi connectivity index (χ0v) is 25.2. The van der Waals surface area contributed by atoms with E-state index >= 15 is 0 Å². The van der Waals surface area contributed by atoms with Gasteiger partial charge in [-0.3, -0.25) is 23.7 Å². The summed E-state index contributed by atoms with van der Waals surface area (Å²) in [7, 11) is -4.52. The van der Waals surface area contributed by atoms with Crippen LogP contribution in [0.2, 0.25) is 0 Å². The summed E-state index contributed by atoms with van der Waals surface area (Å²) in [5.41, 5.74) is 6.57. The number of benzene rings is 3. The van der Waals surface area contributed by atoms with Crippen LogP contribution in [0.1, 0.15) is 47.5 Å². The van der Waals surface area contributed by atoms with E-state index in [1.807, 2.05) is 30.3 Å². The third-order valence-corrected chi connectivity index (χ3v) is 8.63. The van der Waals surface area contributed by atoms with E-state index in [9.17, 15) is 33.0 Å². The fourth-order valence-corrected chi connectivity index (χ4v) is 6.00. The molecule has 0 aliphatic rings. The second-order valence-corrected chi connectivity index (χ2v) is 12.9. The quantitative estimate of drug-likeness (QED) is 0.172. The lowest BCUT2D eigenvalue weighted by atomic mass is 10.0. The fraction of sp³-hybridized carbons (Fsp3) is 0.250. The highest BCUT2D eigenvalue weighted by Gasteiger charge is 2.37. The van der Waals surface area contributed by atoms with Crippen molar-refractivity contribution >= 4 is 37.1 Å². The van der Waals surface area contributed by atoms with Gasteiger partial charge in [-0.05, 0) is 41.7 Å². The maximum atomic E-state index is 13.7. The Hall–Kier alpha value is -4.60. The molecule has 0 aliphatic heterocycles. The van der Waals surface area contributed by atoms with E-state index in [-0.39, 0.29) is 17.5 Å². The minimum atomic E-state index is -4.52. The molecule has 10 nitrogen and oxygen atoms in total. The standard InChI is InChI=1S/C32H36FN4O6P/c1-21(2)28(31(41)35-26(29(34)39)18-9-13-22-11-5-3-6-12-22)36-27(38)20-44(42,43)32(23-14-7-4-8-15-23)37-30(40)24-16-10-17-25(33)19-24/h3-17,19,21,26,28,32H,18,20H2,1-2H3,(H2,34,39)(H,35,41)(H,36,38)(H,37,40)(H,42,43)/b13-9+/t26-,28-,32?/m0/s1. The van der Waals surface area contributed by atoms with E-state index in [0.717, 1.165) is 17.7 Å². The second-order valence-electron chi connectivity index (χ2n) is 10.5. The van der Waals surface area contributed by atoms with Crippen molar-refractivity contribution in [2.24, 2.45) is 11.7 Å². The maximum Gasteiger partial charge on any atom is 0.252 e. The highest BCUT2D eigenvalue weighted by molar-refractivity contribution is 7.59. The Morgan fingerprint density at radius 3 is 2.14 bits per heavy atom. The Morgan fingerprint density at radius 1 is 0.909 bits per heavy atom. The number of nitrogens with two attached hydrogens (primary N) is 1. The van der Waals surface area contributed by atoms with Gasteiger partial charge in [-0.15, -0.1) is 0 Å². The predicted molar refractivity (Wildman–Crippen MR) is 166 cm³/mol. The summed E-state index contributed by atoms with van der Waals surface area (Å²) in [5.74, 6) is -5.85. The van der Waals surface area contributed by atoms with Crippen molar-refractivity contribution in [3.63, 3.8) is 0 Å². The molecule has 4 atom stereocenters. The minimum absolute atomic E-state index is 0.0745. The van der Waals surface area contributed by atoms with Crippen LogP contribution in [0.4, 0.5) is 4.39 Å². The van der Waals surface area contributed by atoms with Gasteiger partial charge in [-0.2, -0.15) is 0 Å². The normalized spacial score (nSPS) is 14.7. The van der Waals surface area contributed by atoms with Gasteiger partial charge in [0.05, 0.1) is 0 Å². The number of hydrogen-bond donors (Lipinski definition) is 5. The number of halogens is 1. The van der Waals surface area contributed by atoms with Crippen molar-refractivity contribution in [1.29, 1.82) is 0 Å². The summed E-state index contributed by atoms with van der Waals surface area (Å²) >= 11 is 0. The number of primary amides is 1. The lowest BCUT2D eigenvalue weighted by Crippen LogP contribution is -2.55. The lowest BCUT2D eigenvalue weighted by molar-refractivity contribution is -0.131. The average Bonchev–Trinajstić information content (AvgIpc) is 2.98. The maximum absolute atomic E-state index is 13.7. The van der Waals surface area contributed by atoms with Gasteiger partial charge in [0.25, 0.3) is 5.91 Å². The Bertz CT molecular complexity index is 1530. The SMILES string of the molecule is CC(C)[C@H](NC(=O)CP(=O)(O)C(NC(=O)c1cccc(F)c1)c1ccccc1)C(=O)N[C@@H](C/C=C/c1ccccc1)C(N)=O. The summed E-state index contributed by atoms with van der Waals surface area (Å²) in [5, 5.41) is 7.49. The van der Waals surface area contributed by atoms with Gasteiger partial charge in [-0.25, -0.2) is 4.39 Å². The molecule has 0 fully saturated rings. The minimum Gasteiger partial charge on any atom is -0.368 e. The number of hydrogen-bond acceptors (Lipinski definition) is 5. The first-order valence-corrected chi connectivity index (χ1v) is 15.8. The molecule has 3 rings (SSSR count). The molecule has 0 saturated heterocycles. The molecule has 0 aliphatic carbocycles. The second kappa shape index (κ2) is 15.7. The first-order chi connectivity index (χ1) is 20.9. The third-order valence-electron chi connectivity index (χ3n) is 6.65. The van der Waals surface area contributed by atoms with E-state index in [1.54, 1.807) is 44.2 Å². The molecule has 0 spiro atoms. The molecule has 0 bridgehead atoms. The average molecular weight is 623 g/mol. The first kappa shape index (κ1) is 33.9. The van der Waals surface area contributed by atoms with Crippen LogP contribution in [-0.2, 0) is 18.9 Å². The summed E-state index contributed by atoms with van der Waals surface area (Å²) in [4.78, 5) is 62.2. The molecule has 12 heteroatoms. The van der Waals surface area contributed by atoms with Crippen molar-refractivity contribution in [1.82, 2.24) is 16.0 Å². The molecule has 0 aromatic heterocycles. The molecule has 0 heterocycles. The number of nitrogens with one attached hydrogen (secondary N) is 3. The van der Waals surface area contributed by atoms with Crippen LogP contribution in [0.15, 0.2) is 91.0 Å². The lowest BCUT2D eigenvalue weighted by Gasteiger charge is -2.27. The first-order valence-electron chi connectivity index (χ1n) is 13.9. The van der Waals surface area contributed by atoms with Crippen LogP contribution in [0, 0.1) is 11.7 Å². The van der Waals surface area contributed by atoms with Gasteiger partial charge in [0.2, 0.25) is 25.1 Å². The Balaban J connectivity index is 1.72. The van der Waals surface area contributed by atoms with Crippen LogP contribution < -0.4 is 21.7 Å². The highest BCUT2D eigenvalue weighted by atomic mass is 31.2. The van der Waals surface area contributed by atoms with Crippen LogP contribution >= 0.6 is 7.37 Å². The van der Waals surface area contributed by atoms with Gasteiger partial charge < -0.3 is 26.6 Å². The molecule has 6 N–H and O–H groups in total. The zero-order chi connectivity index (χ0) is 32.3. The molecule has 2 unspecified atom stereocenters. The van der Waals surface area contributed by atoms with E-state index < -0.39 is 66.8 Å². The fourth-order valence-electron chi connectivity index (χ4n) is 4.35. The predicted octanol–water partition coefficient (Wildman–Crippen LogP) is 3.74. The van der Waals surface area contributed by atoms with Crippen LogP contribution in [0.5, 0.6) is 0 Å². The van der Waals surface area contributed by atoms with Gasteiger partial charge in [0, 0.05) is 5.56 Å². The number of carbonyl (C=O) groups is 4. The molecule has 3 aromatic carbocycles. The van der Waals surface area contributed by atoms with Crippen molar-refractivity contribution in [2.45, 2.75) is 38.1 Å². The Kier molecular flexibility index (Phi) is 12.1. The Morgan fingerprint density at radius 2 is 1.55 bits per heavy atom. The molecule has 0 saturated carbocycles. The summed E-state index contributed by atoms with van der Waals surface area (Å²) < 4.78 is 27.3. The van der Waals surface area contributed by atoms with Gasteiger partial charge in [0.15, 0.2) is 0 Å². The summed E-state index contributed by atoms with van der Waals surface area (Å²) in [6.45, 7) is 3.31. The molecular formula is C32H36FN4O6P. The number of carbonyl (C=O) groups excluding carboxylic acids is 4. The van der Waals surface area contributed by atoms with Crippen molar-refractivity contribution in [3.05, 3.63) is 114 Å². The van der Waals surface area contributed by atoms with E-state index in [2.05, 4.69) is 16.0 Å². The molecule has 232 valence electrons. The topological polar surface area (TPSA) is 168 Å². The third kappa shape index (κ3) is 10.00. The molecular weight excluding hydrogens is 586 g/mol. The van der Waals surface area contributed by atoms with Gasteiger partial charge in [-0.1, -0.05) is 92.7 Å². The van der Waals surface area contributed by atoms with E-state index in [1.165, 1.54) is 24.3 Å². The molecule has 44 heavy (non-hydrogen) atoms. The monoisotopic (exact) mass is 622 g/mol. The molecule has 3 aromatic rings. The van der Waals surface area contributed by atoms with Crippen LogP contribution in [0.3, 0.4) is 0 Å². The number of amides is 4. The van der Waals surface area contributed by atoms with E-state index in [0.29, 0.717) is 0 Å². The summed E-state index contributed by atoms with van der Waals surface area (Å²) in [6, 6.07) is 19.8. The van der Waals surface area contributed by atoms with E-state index in [4.69, 9.17) is 5.73 Å². The zero-order valence-electron chi connectivity index (χ0n) is 24.4. The van der Waals surface area contributed by atoms with Crippen LogP contribution in [-0.4, -0.2) is 46.8 Å². The van der Waals surface area contributed by atoms with Gasteiger partial charge in [0.1, 0.15) is 29.8 Å². The van der Waals surface area contributed by atoms with Crippen LogP contribution in [0.25, 0.3) is 6.08 Å². The molecule has 0 radical (unpaired) electrons. The largest absolute Gasteiger partial charge is 0.368 e. The Labute approximate surface area is 255 Å². The number of rotatable bonds is 14. The van der Waals surface area contributed by atoms with Crippen molar-refractivity contribution in [2.75, 3.05) is 6.16 Å². The van der Waals surface area contributed by atoms with Crippen molar-refractivity contribution in [3.8, 4) is 0 Å².